The van der Waals surface area contributed by atoms with Crippen molar-refractivity contribution in [3.8, 4) is 0 Å². The number of hydrogen-bond donors (Lipinski definition) is 0. The molecule has 1 atom stereocenters. The lowest BCUT2D eigenvalue weighted by molar-refractivity contribution is 0.0273. The highest BCUT2D eigenvalue weighted by molar-refractivity contribution is 7.19. The van der Waals surface area contributed by atoms with Crippen LogP contribution in [0.1, 0.15) is 23.3 Å². The number of fused-ring (bicyclic) bond motifs is 3. The number of hydrogen-bond acceptors (Lipinski definition) is 6. The highest BCUT2D eigenvalue weighted by atomic mass is 32.1. The zero-order valence-corrected chi connectivity index (χ0v) is 14.9. The fourth-order valence-electron chi connectivity index (χ4n) is 3.95. The summed E-state index contributed by atoms with van der Waals surface area (Å²) in [5.74, 6) is 1.10. The van der Waals surface area contributed by atoms with E-state index in [0.717, 1.165) is 43.3 Å². The molecule has 4 heterocycles. The van der Waals surface area contributed by atoms with Crippen molar-refractivity contribution in [3.05, 3.63) is 35.2 Å². The fraction of sp³-hybridized carbons (Fsp3) is 0.500. The van der Waals surface area contributed by atoms with Crippen LogP contribution in [0.4, 0.5) is 5.82 Å². The van der Waals surface area contributed by atoms with E-state index in [9.17, 15) is 0 Å². The molecular weight excluding hydrogens is 334 g/mol. The molecule has 1 unspecified atom stereocenters. The van der Waals surface area contributed by atoms with E-state index < -0.39 is 0 Å². The molecule has 2 aliphatic rings. The largest absolute Gasteiger partial charge is 0.373 e. The monoisotopic (exact) mass is 355 g/mol. The highest BCUT2D eigenvalue weighted by Crippen LogP contribution is 2.39. The number of ether oxygens (including phenoxy) is 1. The first kappa shape index (κ1) is 15.3. The number of morpholine rings is 1. The van der Waals surface area contributed by atoms with Gasteiger partial charge in [-0.25, -0.2) is 9.97 Å². The normalized spacial score (nSPS) is 20.8. The Morgan fingerprint density at radius 3 is 3.12 bits per heavy atom. The summed E-state index contributed by atoms with van der Waals surface area (Å²) < 4.78 is 7.91. The second kappa shape index (κ2) is 6.38. The predicted molar refractivity (Wildman–Crippen MR) is 98.2 cm³/mol. The van der Waals surface area contributed by atoms with Gasteiger partial charge in [-0.3, -0.25) is 4.68 Å². The Balaban J connectivity index is 1.47. The van der Waals surface area contributed by atoms with Gasteiger partial charge in [-0.15, -0.1) is 11.3 Å². The van der Waals surface area contributed by atoms with Crippen LogP contribution in [0, 0.1) is 0 Å². The standard InChI is InChI=1S/C18H21N5OS/c1-2-5-15-14(4-1)16-17(19-12-20-18(16)25-15)22-8-9-24-13(10-22)11-23-7-3-6-21-23/h3,6-7,12-13H,1-2,4-5,8-11H2. The van der Waals surface area contributed by atoms with Gasteiger partial charge in [0.15, 0.2) is 0 Å². The Labute approximate surface area is 150 Å². The maximum absolute atomic E-state index is 5.97. The number of aryl methyl sites for hydroxylation is 2. The van der Waals surface area contributed by atoms with E-state index in [1.54, 1.807) is 6.33 Å². The Hall–Kier alpha value is -1.99. The molecule has 1 aliphatic heterocycles. The van der Waals surface area contributed by atoms with Crippen LogP contribution in [0.25, 0.3) is 10.2 Å². The zero-order valence-electron chi connectivity index (χ0n) is 14.1. The topological polar surface area (TPSA) is 56.1 Å². The Morgan fingerprint density at radius 2 is 2.20 bits per heavy atom. The van der Waals surface area contributed by atoms with Gasteiger partial charge in [-0.05, 0) is 37.3 Å². The lowest BCUT2D eigenvalue weighted by Gasteiger charge is -2.34. The summed E-state index contributed by atoms with van der Waals surface area (Å²) in [5, 5.41) is 5.60. The summed E-state index contributed by atoms with van der Waals surface area (Å²) >= 11 is 1.86. The first-order valence-corrected chi connectivity index (χ1v) is 9.79. The third kappa shape index (κ3) is 2.81. The van der Waals surface area contributed by atoms with Crippen LogP contribution in [0.2, 0.25) is 0 Å². The van der Waals surface area contributed by atoms with E-state index in [1.807, 2.05) is 34.5 Å². The minimum absolute atomic E-state index is 0.133. The maximum Gasteiger partial charge on any atom is 0.141 e. The van der Waals surface area contributed by atoms with Gasteiger partial charge < -0.3 is 9.64 Å². The van der Waals surface area contributed by atoms with Crippen LogP contribution in [-0.2, 0) is 24.1 Å². The van der Waals surface area contributed by atoms with Gasteiger partial charge >= 0.3 is 0 Å². The van der Waals surface area contributed by atoms with Gasteiger partial charge in [0.2, 0.25) is 0 Å². The SMILES string of the molecule is c1cnn(CC2CN(c3ncnc4sc5c(c34)CCCC5)CCO2)c1. The lowest BCUT2D eigenvalue weighted by Crippen LogP contribution is -2.44. The van der Waals surface area contributed by atoms with Gasteiger partial charge in [-0.1, -0.05) is 0 Å². The molecule has 0 aromatic carbocycles. The maximum atomic E-state index is 5.97. The molecule has 0 N–H and O–H groups in total. The molecule has 0 radical (unpaired) electrons. The second-order valence-electron chi connectivity index (χ2n) is 6.76. The van der Waals surface area contributed by atoms with Crippen LogP contribution < -0.4 is 4.90 Å². The molecule has 5 rings (SSSR count). The fourth-order valence-corrected chi connectivity index (χ4v) is 5.18. The zero-order chi connectivity index (χ0) is 16.6. The van der Waals surface area contributed by atoms with Crippen LogP contribution >= 0.6 is 11.3 Å². The van der Waals surface area contributed by atoms with Crippen molar-refractivity contribution in [3.63, 3.8) is 0 Å². The average molecular weight is 355 g/mol. The quantitative estimate of drug-likeness (QED) is 0.723. The summed E-state index contributed by atoms with van der Waals surface area (Å²) in [5.41, 5.74) is 1.50. The summed E-state index contributed by atoms with van der Waals surface area (Å²) in [6, 6.07) is 1.95. The number of thiophene rings is 1. The van der Waals surface area contributed by atoms with Crippen molar-refractivity contribution >= 4 is 27.4 Å². The first-order valence-electron chi connectivity index (χ1n) is 8.98. The van der Waals surface area contributed by atoms with Crippen molar-refractivity contribution in [2.75, 3.05) is 24.6 Å². The second-order valence-corrected chi connectivity index (χ2v) is 7.84. The Kier molecular flexibility index (Phi) is 3.90. The highest BCUT2D eigenvalue weighted by Gasteiger charge is 2.26. The number of rotatable bonds is 3. The van der Waals surface area contributed by atoms with Gasteiger partial charge in [0.05, 0.1) is 24.6 Å². The molecule has 3 aromatic heterocycles. The smallest absolute Gasteiger partial charge is 0.141 e. The number of aromatic nitrogens is 4. The van der Waals surface area contributed by atoms with E-state index in [4.69, 9.17) is 4.74 Å². The molecule has 1 saturated heterocycles. The molecule has 0 bridgehead atoms. The van der Waals surface area contributed by atoms with Crippen LogP contribution in [0.3, 0.4) is 0 Å². The summed E-state index contributed by atoms with van der Waals surface area (Å²) in [7, 11) is 0. The van der Waals surface area contributed by atoms with E-state index >= 15 is 0 Å². The van der Waals surface area contributed by atoms with Crippen molar-refractivity contribution < 1.29 is 4.74 Å². The van der Waals surface area contributed by atoms with Crippen LogP contribution in [-0.4, -0.2) is 45.5 Å². The minimum Gasteiger partial charge on any atom is -0.373 e. The molecule has 7 heteroatoms. The molecule has 0 saturated carbocycles. The summed E-state index contributed by atoms with van der Waals surface area (Å²) in [6.07, 6.45) is 10.6. The Bertz CT molecular complexity index is 875. The molecule has 3 aromatic rings. The van der Waals surface area contributed by atoms with Gasteiger partial charge in [0.25, 0.3) is 0 Å². The first-order chi connectivity index (χ1) is 12.4. The van der Waals surface area contributed by atoms with Crippen molar-refractivity contribution in [2.24, 2.45) is 0 Å². The molecule has 1 fully saturated rings. The molecule has 0 spiro atoms. The molecule has 1 aliphatic carbocycles. The molecule has 130 valence electrons. The van der Waals surface area contributed by atoms with Gasteiger partial charge in [0, 0.05) is 30.4 Å². The number of anilines is 1. The molecule has 25 heavy (non-hydrogen) atoms. The Morgan fingerprint density at radius 1 is 1.24 bits per heavy atom. The van der Waals surface area contributed by atoms with E-state index in [2.05, 4.69) is 20.0 Å². The van der Waals surface area contributed by atoms with Crippen LogP contribution in [0.15, 0.2) is 24.8 Å². The third-order valence-electron chi connectivity index (χ3n) is 5.12. The van der Waals surface area contributed by atoms with E-state index in [1.165, 1.54) is 35.1 Å². The average Bonchev–Trinajstić information content (AvgIpc) is 3.29. The molecular formula is C18H21N5OS. The third-order valence-corrected chi connectivity index (χ3v) is 6.32. The predicted octanol–water partition coefficient (Wildman–Crippen LogP) is 2.67. The molecule has 0 amide bonds. The van der Waals surface area contributed by atoms with Crippen molar-refractivity contribution in [2.45, 2.75) is 38.3 Å². The lowest BCUT2D eigenvalue weighted by atomic mass is 9.97. The van der Waals surface area contributed by atoms with Crippen molar-refractivity contribution in [1.29, 1.82) is 0 Å². The van der Waals surface area contributed by atoms with E-state index in [0.29, 0.717) is 0 Å². The minimum atomic E-state index is 0.133. The van der Waals surface area contributed by atoms with E-state index in [-0.39, 0.29) is 6.10 Å². The molecule has 6 nitrogen and oxygen atoms in total. The van der Waals surface area contributed by atoms with Gasteiger partial charge in [0.1, 0.15) is 17.0 Å². The number of nitrogens with zero attached hydrogens (tertiary/aromatic N) is 5. The van der Waals surface area contributed by atoms with Crippen LogP contribution in [0.5, 0.6) is 0 Å². The summed E-state index contributed by atoms with van der Waals surface area (Å²) in [6.45, 7) is 3.23. The van der Waals surface area contributed by atoms with Gasteiger partial charge in [-0.2, -0.15) is 5.10 Å². The summed E-state index contributed by atoms with van der Waals surface area (Å²) in [4.78, 5) is 14.3. The van der Waals surface area contributed by atoms with Crippen molar-refractivity contribution in [1.82, 2.24) is 19.7 Å².